The third-order valence-electron chi connectivity index (χ3n) is 2.32. The molecule has 0 aliphatic heterocycles. The highest BCUT2D eigenvalue weighted by atomic mass is 79.9. The molecule has 2 aromatic rings. The molecule has 0 saturated heterocycles. The molecule has 3 nitrogen and oxygen atoms in total. The predicted octanol–water partition coefficient (Wildman–Crippen LogP) is 3.06. The van der Waals surface area contributed by atoms with E-state index in [1.54, 1.807) is 23.0 Å². The van der Waals surface area contributed by atoms with Crippen LogP contribution in [0.2, 0.25) is 5.02 Å². The van der Waals surface area contributed by atoms with E-state index in [1.165, 1.54) is 6.07 Å². The minimum absolute atomic E-state index is 0.292. The number of hydrogen-bond acceptors (Lipinski definition) is 2. The molecule has 0 aliphatic rings. The second kappa shape index (κ2) is 5.60. The van der Waals surface area contributed by atoms with Crippen molar-refractivity contribution >= 4 is 27.5 Å². The Bertz CT molecular complexity index is 495. The molecule has 1 aromatic heterocycles. The number of benzene rings is 1. The Morgan fingerprint density at radius 3 is 2.94 bits per heavy atom. The molecule has 0 fully saturated rings. The molecule has 0 atom stereocenters. The van der Waals surface area contributed by atoms with E-state index in [2.05, 4.69) is 26.2 Å². The highest BCUT2D eigenvalue weighted by Crippen LogP contribution is 2.19. The normalized spacial score (nSPS) is 10.8. The van der Waals surface area contributed by atoms with Crippen LogP contribution in [0.25, 0.3) is 0 Å². The second-order valence-corrected chi connectivity index (χ2v) is 4.75. The number of hydrogen-bond donors (Lipinski definition) is 0. The van der Waals surface area contributed by atoms with Gasteiger partial charge in [-0.05, 0) is 12.1 Å². The Kier molecular flexibility index (Phi) is 4.12. The molecule has 0 spiro atoms. The molecule has 0 N–H and O–H groups in total. The first-order valence-electron chi connectivity index (χ1n) is 5.08. The number of halogens is 3. The van der Waals surface area contributed by atoms with Gasteiger partial charge in [0, 0.05) is 28.5 Å². The van der Waals surface area contributed by atoms with E-state index in [9.17, 15) is 4.39 Å². The van der Waals surface area contributed by atoms with Gasteiger partial charge in [0.05, 0.1) is 12.2 Å². The summed E-state index contributed by atoms with van der Waals surface area (Å²) >= 11 is 9.27. The lowest BCUT2D eigenvalue weighted by Gasteiger charge is -2.04. The number of rotatable bonds is 4. The summed E-state index contributed by atoms with van der Waals surface area (Å²) in [6.45, 7) is 0.292. The lowest BCUT2D eigenvalue weighted by Crippen LogP contribution is -2.03. The van der Waals surface area contributed by atoms with E-state index in [0.29, 0.717) is 17.1 Å². The van der Waals surface area contributed by atoms with Gasteiger partial charge in [0.15, 0.2) is 0 Å². The Balaban J connectivity index is 2.19. The second-order valence-electron chi connectivity index (χ2n) is 3.55. The zero-order valence-electron chi connectivity index (χ0n) is 8.91. The van der Waals surface area contributed by atoms with E-state index in [4.69, 9.17) is 11.6 Å². The zero-order chi connectivity index (χ0) is 12.3. The van der Waals surface area contributed by atoms with Crippen molar-refractivity contribution in [3.05, 3.63) is 46.5 Å². The minimum atomic E-state index is -0.324. The Labute approximate surface area is 112 Å². The molecule has 2 rings (SSSR count). The van der Waals surface area contributed by atoms with Gasteiger partial charge in [0.1, 0.15) is 5.82 Å². The molecule has 6 heteroatoms. The fourth-order valence-corrected chi connectivity index (χ4v) is 2.10. The lowest BCUT2D eigenvalue weighted by molar-refractivity contribution is 0.577. The van der Waals surface area contributed by atoms with E-state index in [0.717, 1.165) is 17.4 Å². The molecular formula is C11H10BrClFN3. The average Bonchev–Trinajstić information content (AvgIpc) is 2.72. The SMILES string of the molecule is Fc1cccc(Cl)c1Cn1cc(CCBr)nn1. The molecule has 0 bridgehead atoms. The smallest absolute Gasteiger partial charge is 0.129 e. The predicted molar refractivity (Wildman–Crippen MR) is 68.0 cm³/mol. The Hall–Kier alpha value is -0.940. The molecule has 0 radical (unpaired) electrons. The summed E-state index contributed by atoms with van der Waals surface area (Å²) in [6.07, 6.45) is 2.59. The van der Waals surface area contributed by atoms with Crippen molar-refractivity contribution in [1.29, 1.82) is 0 Å². The highest BCUT2D eigenvalue weighted by molar-refractivity contribution is 9.09. The summed E-state index contributed by atoms with van der Waals surface area (Å²) in [7, 11) is 0. The van der Waals surface area contributed by atoms with Gasteiger partial charge in [-0.1, -0.05) is 38.8 Å². The van der Waals surface area contributed by atoms with Crippen LogP contribution < -0.4 is 0 Å². The standard InChI is InChI=1S/C11H10BrClFN3/c12-5-4-8-6-17(16-15-8)7-9-10(13)2-1-3-11(9)14/h1-3,6H,4-5,7H2. The highest BCUT2D eigenvalue weighted by Gasteiger charge is 2.08. The van der Waals surface area contributed by atoms with Gasteiger partial charge in [-0.2, -0.15) is 0 Å². The summed E-state index contributed by atoms with van der Waals surface area (Å²) in [5.41, 5.74) is 1.30. The van der Waals surface area contributed by atoms with Gasteiger partial charge < -0.3 is 0 Å². The van der Waals surface area contributed by atoms with Crippen molar-refractivity contribution in [3.8, 4) is 0 Å². The van der Waals surface area contributed by atoms with Crippen LogP contribution in [0.1, 0.15) is 11.3 Å². The van der Waals surface area contributed by atoms with Crippen LogP contribution in [-0.2, 0) is 13.0 Å². The van der Waals surface area contributed by atoms with Crippen molar-refractivity contribution in [2.24, 2.45) is 0 Å². The average molecular weight is 319 g/mol. The number of alkyl halides is 1. The van der Waals surface area contributed by atoms with Crippen LogP contribution in [0.5, 0.6) is 0 Å². The monoisotopic (exact) mass is 317 g/mol. The number of nitrogens with zero attached hydrogens (tertiary/aromatic N) is 3. The maximum atomic E-state index is 13.5. The fourth-order valence-electron chi connectivity index (χ4n) is 1.47. The summed E-state index contributed by atoms with van der Waals surface area (Å²) in [6, 6.07) is 4.63. The van der Waals surface area contributed by atoms with Gasteiger partial charge >= 0.3 is 0 Å². The van der Waals surface area contributed by atoms with Gasteiger partial charge in [0.25, 0.3) is 0 Å². The molecule has 1 heterocycles. The third kappa shape index (κ3) is 3.04. The zero-order valence-corrected chi connectivity index (χ0v) is 11.2. The van der Waals surface area contributed by atoms with Gasteiger partial charge in [-0.25, -0.2) is 9.07 Å². The van der Waals surface area contributed by atoms with Gasteiger partial charge in [0.2, 0.25) is 0 Å². The topological polar surface area (TPSA) is 30.7 Å². The summed E-state index contributed by atoms with van der Waals surface area (Å²) in [5.74, 6) is -0.324. The molecule has 0 saturated carbocycles. The van der Waals surface area contributed by atoms with Crippen molar-refractivity contribution < 1.29 is 4.39 Å². The largest absolute Gasteiger partial charge is 0.248 e. The van der Waals surface area contributed by atoms with E-state index in [1.807, 2.05) is 0 Å². The molecule has 0 unspecified atom stereocenters. The van der Waals surface area contributed by atoms with Crippen LogP contribution >= 0.6 is 27.5 Å². The third-order valence-corrected chi connectivity index (χ3v) is 3.07. The lowest BCUT2D eigenvalue weighted by atomic mass is 10.2. The van der Waals surface area contributed by atoms with Crippen LogP contribution in [0.4, 0.5) is 4.39 Å². The molecule has 90 valence electrons. The van der Waals surface area contributed by atoms with Crippen LogP contribution in [0, 0.1) is 5.82 Å². The molecule has 17 heavy (non-hydrogen) atoms. The fraction of sp³-hybridized carbons (Fsp3) is 0.273. The number of aryl methyl sites for hydroxylation is 1. The van der Waals surface area contributed by atoms with Crippen LogP contribution in [0.15, 0.2) is 24.4 Å². The Morgan fingerprint density at radius 2 is 2.24 bits per heavy atom. The quantitative estimate of drug-likeness (QED) is 0.811. The van der Waals surface area contributed by atoms with Crippen molar-refractivity contribution in [1.82, 2.24) is 15.0 Å². The first-order chi connectivity index (χ1) is 8.20. The maximum absolute atomic E-state index is 13.5. The van der Waals surface area contributed by atoms with E-state index < -0.39 is 0 Å². The Morgan fingerprint density at radius 1 is 1.41 bits per heavy atom. The van der Waals surface area contributed by atoms with Gasteiger partial charge in [-0.15, -0.1) is 5.10 Å². The van der Waals surface area contributed by atoms with Crippen molar-refractivity contribution in [3.63, 3.8) is 0 Å². The summed E-state index contributed by atoms with van der Waals surface area (Å²) in [4.78, 5) is 0. The van der Waals surface area contributed by atoms with Gasteiger partial charge in [-0.3, -0.25) is 0 Å². The summed E-state index contributed by atoms with van der Waals surface area (Å²) < 4.78 is 15.1. The molecular weight excluding hydrogens is 308 g/mol. The van der Waals surface area contributed by atoms with E-state index >= 15 is 0 Å². The number of aromatic nitrogens is 3. The van der Waals surface area contributed by atoms with E-state index in [-0.39, 0.29) is 5.82 Å². The molecule has 0 aliphatic carbocycles. The van der Waals surface area contributed by atoms with Crippen LogP contribution in [-0.4, -0.2) is 20.3 Å². The minimum Gasteiger partial charge on any atom is -0.248 e. The first-order valence-corrected chi connectivity index (χ1v) is 6.58. The van der Waals surface area contributed by atoms with Crippen molar-refractivity contribution in [2.75, 3.05) is 5.33 Å². The maximum Gasteiger partial charge on any atom is 0.129 e. The molecule has 0 amide bonds. The van der Waals surface area contributed by atoms with Crippen LogP contribution in [0.3, 0.4) is 0 Å². The summed E-state index contributed by atoms with van der Waals surface area (Å²) in [5, 5.41) is 9.14. The molecule has 1 aromatic carbocycles. The van der Waals surface area contributed by atoms with Crippen molar-refractivity contribution in [2.45, 2.75) is 13.0 Å². The first kappa shape index (κ1) is 12.5.